The summed E-state index contributed by atoms with van der Waals surface area (Å²) in [5.41, 5.74) is 0.0296. The highest BCUT2D eigenvalue weighted by atomic mass is 32.2. The van der Waals surface area contributed by atoms with E-state index in [1.54, 1.807) is 0 Å². The second-order valence-electron chi connectivity index (χ2n) is 7.35. The number of hydrogen-bond acceptors (Lipinski definition) is 9. The van der Waals surface area contributed by atoms with Crippen molar-refractivity contribution in [1.82, 2.24) is 15.5 Å². The highest BCUT2D eigenvalue weighted by Crippen LogP contribution is 2.40. The summed E-state index contributed by atoms with van der Waals surface area (Å²) in [6.07, 6.45) is 0.166. The van der Waals surface area contributed by atoms with E-state index >= 15 is 0 Å². The molecule has 32 heavy (non-hydrogen) atoms. The fourth-order valence-electron chi connectivity index (χ4n) is 3.44. The molecule has 2 saturated heterocycles. The summed E-state index contributed by atoms with van der Waals surface area (Å²) >= 11 is 2.75. The monoisotopic (exact) mass is 482 g/mol. The fraction of sp³-hybridized carbons (Fsp3) is 0.500. The van der Waals surface area contributed by atoms with Crippen molar-refractivity contribution in [2.24, 2.45) is 0 Å². The molecule has 4 rings (SSSR count). The molecule has 4 N–H and O–H groups in total. The van der Waals surface area contributed by atoms with Gasteiger partial charge in [0.1, 0.15) is 18.0 Å². The standard InChI is InChI=1S/C16H16N2O6S2.C4H10N2/c1-8(19)24-6-9-7-26-15-12(14(21)18(15)13(9)16(22)23)17-11(20)5-10-3-2-4-25-10;1-2-6-4-3-5-1/h2-4,12,15H,5-7H2,1H3,(H,17,20)(H,22,23);5-6H,1-4H2/t12-,15-;/m1./s1. The summed E-state index contributed by atoms with van der Waals surface area (Å²) in [6.45, 7) is 5.92. The maximum absolute atomic E-state index is 12.4. The first-order valence-electron chi connectivity index (χ1n) is 10.2. The average molecular weight is 483 g/mol. The number of hydrogen-bond donors (Lipinski definition) is 3. The molecule has 1 aromatic rings. The van der Waals surface area contributed by atoms with E-state index in [1.807, 2.05) is 17.5 Å². The number of β-lactam (4-membered cyclic amide) rings is 1. The number of nitrogens with zero attached hydrogens (tertiary/aromatic N) is 1. The lowest BCUT2D eigenvalue weighted by Crippen LogP contribution is -2.89. The van der Waals surface area contributed by atoms with Crippen LogP contribution in [0.2, 0.25) is 0 Å². The van der Waals surface area contributed by atoms with Crippen LogP contribution in [-0.4, -0.2) is 78.6 Å². The molecule has 0 bridgehead atoms. The molecule has 2 fully saturated rings. The van der Waals surface area contributed by atoms with Crippen LogP contribution < -0.4 is 21.1 Å². The van der Waals surface area contributed by atoms with Gasteiger partial charge in [-0.25, -0.2) is 0 Å². The van der Waals surface area contributed by atoms with Crippen molar-refractivity contribution in [2.75, 3.05) is 38.5 Å². The molecule has 3 aliphatic heterocycles. The topological polar surface area (TPSA) is 144 Å². The lowest BCUT2D eigenvalue weighted by Gasteiger charge is -2.50. The number of amides is 2. The van der Waals surface area contributed by atoms with Gasteiger partial charge in [0.15, 0.2) is 0 Å². The van der Waals surface area contributed by atoms with Gasteiger partial charge in [0.05, 0.1) is 31.2 Å². The lowest BCUT2D eigenvalue weighted by atomic mass is 10.0. The van der Waals surface area contributed by atoms with Crippen molar-refractivity contribution in [3.63, 3.8) is 0 Å². The SMILES string of the molecule is C1C[NH2+]CCN1.CC(=O)OCC1=C(C(=O)[O-])N2C(=O)[C@@H](NC(=O)Cc3cccs3)[C@H]2SC1. The molecule has 10 nitrogen and oxygen atoms in total. The number of quaternary nitrogens is 1. The number of carbonyl (C=O) groups excluding carboxylic acids is 4. The van der Waals surface area contributed by atoms with Gasteiger partial charge in [-0.15, -0.1) is 23.1 Å². The van der Waals surface area contributed by atoms with E-state index in [1.165, 1.54) is 56.2 Å². The van der Waals surface area contributed by atoms with Crippen LogP contribution in [0, 0.1) is 0 Å². The normalized spacial score (nSPS) is 22.2. The molecule has 4 heterocycles. The molecule has 0 aliphatic carbocycles. The Morgan fingerprint density at radius 3 is 2.62 bits per heavy atom. The van der Waals surface area contributed by atoms with Crippen LogP contribution >= 0.6 is 23.1 Å². The Labute approximate surface area is 193 Å². The third-order valence-electron chi connectivity index (χ3n) is 4.97. The highest BCUT2D eigenvalue weighted by Gasteiger charge is 2.52. The molecule has 3 aliphatic rings. The van der Waals surface area contributed by atoms with Crippen LogP contribution in [-0.2, 0) is 30.3 Å². The van der Waals surface area contributed by atoms with Gasteiger partial charge in [0, 0.05) is 36.2 Å². The zero-order valence-electron chi connectivity index (χ0n) is 17.6. The van der Waals surface area contributed by atoms with Crippen molar-refractivity contribution in [3.8, 4) is 0 Å². The van der Waals surface area contributed by atoms with Crippen molar-refractivity contribution >= 4 is 46.9 Å². The van der Waals surface area contributed by atoms with Gasteiger partial charge < -0.3 is 30.6 Å². The zero-order valence-corrected chi connectivity index (χ0v) is 19.3. The third kappa shape index (κ3) is 6.09. The number of nitrogens with one attached hydrogen (secondary N) is 2. The van der Waals surface area contributed by atoms with Gasteiger partial charge in [0.2, 0.25) is 5.91 Å². The maximum atomic E-state index is 12.4. The summed E-state index contributed by atoms with van der Waals surface area (Å²) in [5.74, 6) is -2.59. The maximum Gasteiger partial charge on any atom is 0.302 e. The van der Waals surface area contributed by atoms with Crippen LogP contribution in [0.4, 0.5) is 0 Å². The van der Waals surface area contributed by atoms with E-state index in [9.17, 15) is 24.3 Å². The van der Waals surface area contributed by atoms with E-state index in [-0.39, 0.29) is 30.4 Å². The van der Waals surface area contributed by atoms with Crippen molar-refractivity contribution in [3.05, 3.63) is 33.7 Å². The predicted octanol–water partition coefficient (Wildman–Crippen LogP) is -2.59. The smallest absolute Gasteiger partial charge is 0.302 e. The van der Waals surface area contributed by atoms with Gasteiger partial charge >= 0.3 is 5.97 Å². The first-order valence-corrected chi connectivity index (χ1v) is 12.2. The molecule has 12 heteroatoms. The highest BCUT2D eigenvalue weighted by molar-refractivity contribution is 8.00. The van der Waals surface area contributed by atoms with Crippen LogP contribution in [0.1, 0.15) is 11.8 Å². The minimum absolute atomic E-state index is 0.166. The van der Waals surface area contributed by atoms with E-state index in [0.717, 1.165) is 9.78 Å². The minimum Gasteiger partial charge on any atom is -0.543 e. The molecular weight excluding hydrogens is 456 g/mol. The molecule has 0 radical (unpaired) electrons. The van der Waals surface area contributed by atoms with Crippen molar-refractivity contribution < 1.29 is 34.3 Å². The average Bonchev–Trinajstić information content (AvgIpc) is 3.29. The summed E-state index contributed by atoms with van der Waals surface area (Å²) in [7, 11) is 0. The second-order valence-corrected chi connectivity index (χ2v) is 9.48. The number of esters is 1. The number of carboxylic acid groups (broad SMARTS) is 1. The van der Waals surface area contributed by atoms with E-state index in [0.29, 0.717) is 5.57 Å². The summed E-state index contributed by atoms with van der Waals surface area (Å²) in [6, 6.07) is 2.88. The zero-order chi connectivity index (χ0) is 23.1. The molecule has 1 aromatic heterocycles. The third-order valence-corrected chi connectivity index (χ3v) is 7.19. The first kappa shape index (κ1) is 24.2. The Morgan fingerprint density at radius 1 is 1.34 bits per heavy atom. The Morgan fingerprint density at radius 2 is 2.09 bits per heavy atom. The Hall–Kier alpha value is -2.41. The van der Waals surface area contributed by atoms with Crippen molar-refractivity contribution in [1.29, 1.82) is 0 Å². The van der Waals surface area contributed by atoms with Crippen LogP contribution in [0.25, 0.3) is 0 Å². The van der Waals surface area contributed by atoms with Crippen molar-refractivity contribution in [2.45, 2.75) is 24.8 Å². The van der Waals surface area contributed by atoms with E-state index in [2.05, 4.69) is 16.0 Å². The van der Waals surface area contributed by atoms with Gasteiger partial charge in [-0.2, -0.15) is 0 Å². The number of carbonyl (C=O) groups is 4. The van der Waals surface area contributed by atoms with Gasteiger partial charge in [0.25, 0.3) is 5.91 Å². The molecule has 0 saturated carbocycles. The first-order chi connectivity index (χ1) is 15.4. The Bertz CT molecular complexity index is 873. The number of piperazine rings is 1. The summed E-state index contributed by atoms with van der Waals surface area (Å²) in [5, 5.41) is 21.1. The van der Waals surface area contributed by atoms with E-state index < -0.39 is 29.3 Å². The van der Waals surface area contributed by atoms with E-state index in [4.69, 9.17) is 4.74 Å². The minimum atomic E-state index is -1.51. The molecule has 174 valence electrons. The number of nitrogens with two attached hydrogens (primary N) is 1. The number of thioether (sulfide) groups is 1. The molecular formula is C20H26N4O6S2. The summed E-state index contributed by atoms with van der Waals surface area (Å²) in [4.78, 5) is 48.9. The number of carboxylic acids is 1. The Balaban J connectivity index is 0.000000416. The van der Waals surface area contributed by atoms with Gasteiger partial charge in [-0.1, -0.05) is 6.07 Å². The molecule has 2 amide bonds. The van der Waals surface area contributed by atoms with Crippen LogP contribution in [0.15, 0.2) is 28.8 Å². The summed E-state index contributed by atoms with van der Waals surface area (Å²) < 4.78 is 4.85. The molecule has 0 spiro atoms. The number of rotatable bonds is 6. The van der Waals surface area contributed by atoms with Crippen LogP contribution in [0.3, 0.4) is 0 Å². The Kier molecular flexibility index (Phi) is 8.67. The van der Waals surface area contributed by atoms with Gasteiger partial charge in [-0.3, -0.25) is 19.3 Å². The predicted molar refractivity (Wildman–Crippen MR) is 116 cm³/mol. The molecule has 0 unspecified atom stereocenters. The number of aliphatic carboxylic acids is 1. The number of fused-ring (bicyclic) bond motifs is 1. The number of thiophene rings is 1. The molecule has 0 aromatic carbocycles. The number of ether oxygens (including phenoxy) is 1. The molecule has 2 atom stereocenters. The van der Waals surface area contributed by atoms with Crippen LogP contribution in [0.5, 0.6) is 0 Å². The lowest BCUT2D eigenvalue weighted by molar-refractivity contribution is -0.657. The fourth-order valence-corrected chi connectivity index (χ4v) is 5.48. The largest absolute Gasteiger partial charge is 0.543 e. The van der Waals surface area contributed by atoms with Gasteiger partial charge in [-0.05, 0) is 11.4 Å². The quantitative estimate of drug-likeness (QED) is 0.296. The second kappa shape index (κ2) is 11.5.